The number of rotatable bonds is 2. The van der Waals surface area contributed by atoms with Crippen LogP contribution in [0.25, 0.3) is 11.4 Å². The molecule has 92 valence electrons. The van der Waals surface area contributed by atoms with Crippen molar-refractivity contribution >= 4 is 15.9 Å². The number of aromatic amines is 1. The Morgan fingerprint density at radius 2 is 2.06 bits per heavy atom. The first-order chi connectivity index (χ1) is 8.66. The van der Waals surface area contributed by atoms with Crippen LogP contribution in [0.3, 0.4) is 0 Å². The van der Waals surface area contributed by atoms with Crippen LogP contribution in [0.4, 0.5) is 0 Å². The molecule has 1 N–H and O–H groups in total. The summed E-state index contributed by atoms with van der Waals surface area (Å²) in [5.74, 6) is 1.30. The molecule has 0 unspecified atom stereocenters. The van der Waals surface area contributed by atoms with Crippen LogP contribution in [0.5, 0.6) is 0 Å². The lowest BCUT2D eigenvalue weighted by molar-refractivity contribution is 1.04. The Bertz CT molecular complexity index is 659. The van der Waals surface area contributed by atoms with Gasteiger partial charge in [-0.15, -0.1) is 0 Å². The predicted octanol–water partition coefficient (Wildman–Crippen LogP) is 3.39. The van der Waals surface area contributed by atoms with E-state index in [9.17, 15) is 4.79 Å². The van der Waals surface area contributed by atoms with Crippen molar-refractivity contribution in [1.82, 2.24) is 9.97 Å². The number of H-pyrrole nitrogens is 1. The van der Waals surface area contributed by atoms with Gasteiger partial charge in [0.2, 0.25) is 0 Å². The van der Waals surface area contributed by atoms with E-state index in [1.54, 1.807) is 0 Å². The summed E-state index contributed by atoms with van der Waals surface area (Å²) in [5.41, 5.74) is 2.94. The van der Waals surface area contributed by atoms with Crippen LogP contribution >= 0.6 is 15.9 Å². The maximum absolute atomic E-state index is 11.8. The molecule has 1 aliphatic rings. The van der Waals surface area contributed by atoms with Gasteiger partial charge in [0.1, 0.15) is 10.3 Å². The Kier molecular flexibility index (Phi) is 2.82. The second kappa shape index (κ2) is 4.35. The standard InChI is InChI=1S/C14H13BrN2O/c1-8-12(15)14(18)17-13(16-8)11-5-3-2-4-10(11)9-6-7-9/h2-5,9H,6-7H2,1H3,(H,16,17,18). The summed E-state index contributed by atoms with van der Waals surface area (Å²) in [6, 6.07) is 8.18. The van der Waals surface area contributed by atoms with Crippen molar-refractivity contribution in [2.45, 2.75) is 25.7 Å². The topological polar surface area (TPSA) is 45.8 Å². The minimum atomic E-state index is -0.122. The van der Waals surface area contributed by atoms with Crippen molar-refractivity contribution in [3.05, 3.63) is 50.3 Å². The van der Waals surface area contributed by atoms with E-state index in [0.29, 0.717) is 16.2 Å². The zero-order chi connectivity index (χ0) is 12.7. The predicted molar refractivity (Wildman–Crippen MR) is 74.7 cm³/mol. The minimum Gasteiger partial charge on any atom is -0.306 e. The number of hydrogen-bond donors (Lipinski definition) is 1. The second-order valence-electron chi connectivity index (χ2n) is 4.68. The molecule has 1 aromatic carbocycles. The monoisotopic (exact) mass is 304 g/mol. The molecule has 1 fully saturated rings. The molecule has 3 nitrogen and oxygen atoms in total. The van der Waals surface area contributed by atoms with E-state index in [1.807, 2.05) is 25.1 Å². The van der Waals surface area contributed by atoms with Crippen LogP contribution < -0.4 is 5.56 Å². The van der Waals surface area contributed by atoms with Crippen LogP contribution in [0.1, 0.15) is 30.0 Å². The van der Waals surface area contributed by atoms with Gasteiger partial charge in [-0.3, -0.25) is 4.79 Å². The molecule has 0 spiro atoms. The molecule has 0 radical (unpaired) electrons. The zero-order valence-corrected chi connectivity index (χ0v) is 11.6. The number of nitrogens with zero attached hydrogens (tertiary/aromatic N) is 1. The molecule has 0 amide bonds. The molecule has 1 heterocycles. The van der Waals surface area contributed by atoms with E-state index in [4.69, 9.17) is 0 Å². The molecule has 0 bridgehead atoms. The summed E-state index contributed by atoms with van der Waals surface area (Å²) in [6.45, 7) is 1.84. The van der Waals surface area contributed by atoms with Crippen LogP contribution in [0.15, 0.2) is 33.5 Å². The van der Waals surface area contributed by atoms with E-state index >= 15 is 0 Å². The Balaban J connectivity index is 2.18. The second-order valence-corrected chi connectivity index (χ2v) is 5.47. The smallest absolute Gasteiger partial charge is 0.265 e. The zero-order valence-electron chi connectivity index (χ0n) is 10.0. The lowest BCUT2D eigenvalue weighted by atomic mass is 10.0. The quantitative estimate of drug-likeness (QED) is 0.924. The number of aryl methyl sites for hydroxylation is 1. The van der Waals surface area contributed by atoms with Crippen LogP contribution in [0, 0.1) is 6.92 Å². The Hall–Kier alpha value is -1.42. The molecule has 18 heavy (non-hydrogen) atoms. The maximum Gasteiger partial charge on any atom is 0.265 e. The van der Waals surface area contributed by atoms with E-state index in [-0.39, 0.29) is 5.56 Å². The highest BCUT2D eigenvalue weighted by atomic mass is 79.9. The van der Waals surface area contributed by atoms with Crippen LogP contribution in [-0.2, 0) is 0 Å². The number of benzene rings is 1. The first kappa shape index (κ1) is 11.7. The van der Waals surface area contributed by atoms with Gasteiger partial charge in [0.25, 0.3) is 5.56 Å². The Morgan fingerprint density at radius 1 is 1.33 bits per heavy atom. The SMILES string of the molecule is Cc1nc(-c2ccccc2C2CC2)[nH]c(=O)c1Br. The highest BCUT2D eigenvalue weighted by molar-refractivity contribution is 9.10. The van der Waals surface area contributed by atoms with Gasteiger partial charge in [-0.05, 0) is 47.2 Å². The molecule has 4 heteroatoms. The molecule has 1 saturated carbocycles. The lowest BCUT2D eigenvalue weighted by Crippen LogP contribution is -2.12. The molecule has 1 aromatic heterocycles. The summed E-state index contributed by atoms with van der Waals surface area (Å²) in [5, 5.41) is 0. The van der Waals surface area contributed by atoms with Crippen molar-refractivity contribution in [3.8, 4) is 11.4 Å². The van der Waals surface area contributed by atoms with E-state index in [2.05, 4.69) is 32.0 Å². The number of hydrogen-bond acceptors (Lipinski definition) is 2. The van der Waals surface area contributed by atoms with Gasteiger partial charge < -0.3 is 4.98 Å². The van der Waals surface area contributed by atoms with Crippen molar-refractivity contribution in [2.24, 2.45) is 0 Å². The normalized spacial score (nSPS) is 14.8. The lowest BCUT2D eigenvalue weighted by Gasteiger charge is -2.08. The molecular formula is C14H13BrN2O. The number of aromatic nitrogens is 2. The highest BCUT2D eigenvalue weighted by Gasteiger charge is 2.26. The third-order valence-corrected chi connectivity index (χ3v) is 4.20. The number of halogens is 1. The fourth-order valence-corrected chi connectivity index (χ4v) is 2.35. The van der Waals surface area contributed by atoms with E-state index < -0.39 is 0 Å². The van der Waals surface area contributed by atoms with Crippen LogP contribution in [0.2, 0.25) is 0 Å². The van der Waals surface area contributed by atoms with E-state index in [0.717, 1.165) is 11.3 Å². The molecule has 0 aliphatic heterocycles. The van der Waals surface area contributed by atoms with Gasteiger partial charge in [-0.25, -0.2) is 4.98 Å². The van der Waals surface area contributed by atoms with E-state index in [1.165, 1.54) is 18.4 Å². The van der Waals surface area contributed by atoms with Gasteiger partial charge >= 0.3 is 0 Å². The summed E-state index contributed by atoms with van der Waals surface area (Å²) in [6.07, 6.45) is 2.47. The first-order valence-corrected chi connectivity index (χ1v) is 6.82. The van der Waals surface area contributed by atoms with Gasteiger partial charge in [-0.1, -0.05) is 24.3 Å². The number of nitrogens with one attached hydrogen (secondary N) is 1. The van der Waals surface area contributed by atoms with Crippen molar-refractivity contribution in [3.63, 3.8) is 0 Å². The molecule has 0 saturated heterocycles. The third-order valence-electron chi connectivity index (χ3n) is 3.26. The van der Waals surface area contributed by atoms with Gasteiger partial charge in [-0.2, -0.15) is 0 Å². The van der Waals surface area contributed by atoms with Gasteiger partial charge in [0.05, 0.1) is 5.69 Å². The summed E-state index contributed by atoms with van der Waals surface area (Å²) < 4.78 is 0.509. The first-order valence-electron chi connectivity index (χ1n) is 6.02. The van der Waals surface area contributed by atoms with Crippen LogP contribution in [-0.4, -0.2) is 9.97 Å². The van der Waals surface area contributed by atoms with Crippen molar-refractivity contribution in [2.75, 3.05) is 0 Å². The van der Waals surface area contributed by atoms with Gasteiger partial charge in [0.15, 0.2) is 0 Å². The third kappa shape index (κ3) is 2.01. The molecule has 2 aromatic rings. The fraction of sp³-hybridized carbons (Fsp3) is 0.286. The molecular weight excluding hydrogens is 292 g/mol. The Morgan fingerprint density at radius 3 is 2.72 bits per heavy atom. The maximum atomic E-state index is 11.8. The minimum absolute atomic E-state index is 0.122. The fourth-order valence-electron chi connectivity index (χ4n) is 2.16. The van der Waals surface area contributed by atoms with Crippen molar-refractivity contribution in [1.29, 1.82) is 0 Å². The van der Waals surface area contributed by atoms with Gasteiger partial charge in [0, 0.05) is 5.56 Å². The molecule has 1 aliphatic carbocycles. The van der Waals surface area contributed by atoms with Crippen molar-refractivity contribution < 1.29 is 0 Å². The molecule has 3 rings (SSSR count). The summed E-state index contributed by atoms with van der Waals surface area (Å²) in [4.78, 5) is 19.1. The highest BCUT2D eigenvalue weighted by Crippen LogP contribution is 2.43. The average molecular weight is 305 g/mol. The average Bonchev–Trinajstić information content (AvgIpc) is 3.19. The molecule has 0 atom stereocenters. The summed E-state index contributed by atoms with van der Waals surface area (Å²) in [7, 11) is 0. The largest absolute Gasteiger partial charge is 0.306 e. The summed E-state index contributed by atoms with van der Waals surface area (Å²) >= 11 is 3.24. The Labute approximate surface area is 113 Å².